The van der Waals surface area contributed by atoms with Crippen molar-refractivity contribution < 1.29 is 72.5 Å². The van der Waals surface area contributed by atoms with E-state index in [1.165, 1.54) is 41.7 Å². The number of unbranched alkanes of at least 4 members (excludes halogenated alkanes) is 1. The van der Waals surface area contributed by atoms with Crippen molar-refractivity contribution in [2.45, 2.75) is 172 Å². The predicted octanol–water partition coefficient (Wildman–Crippen LogP) is 2.20. The number of phenolic OH excluding ortho intramolecular Hbond substituents is 1. The molecule has 7 amide bonds. The van der Waals surface area contributed by atoms with Crippen molar-refractivity contribution in [1.82, 2.24) is 46.4 Å². The number of hydrogen-bond acceptors (Lipinski definition) is 18. The zero-order valence-electron chi connectivity index (χ0n) is 55.9. The normalized spacial score (nSPS) is 16.6. The summed E-state index contributed by atoms with van der Waals surface area (Å²) in [6.45, 7) is 3.89. The highest BCUT2D eigenvalue weighted by Gasteiger charge is 2.40. The fraction of sp³-hybridized carbons (Fsp3) is 0.565. The summed E-state index contributed by atoms with van der Waals surface area (Å²) in [6, 6.07) is 7.51. The number of carbonyl (C=O) groups is 12. The van der Waals surface area contributed by atoms with Crippen LogP contribution in [0.1, 0.15) is 140 Å². The lowest BCUT2D eigenvalue weighted by atomic mass is 9.87. The predicted molar refractivity (Wildman–Crippen MR) is 366 cm³/mol. The molecule has 9 atom stereocenters. The summed E-state index contributed by atoms with van der Waals surface area (Å²) in [7, 11) is 0. The molecule has 28 nitrogen and oxygen atoms in total. The van der Waals surface area contributed by atoms with Crippen LogP contribution in [0, 0.1) is 29.6 Å². The monoisotopic (exact) mass is 1380 g/mol. The summed E-state index contributed by atoms with van der Waals surface area (Å²) in [6.07, 6.45) is 4.67. The number of benzene rings is 2. The van der Waals surface area contributed by atoms with Crippen molar-refractivity contribution in [3.63, 3.8) is 0 Å². The first kappa shape index (κ1) is 78.2. The Balaban J connectivity index is 1.26. The van der Waals surface area contributed by atoms with Crippen LogP contribution < -0.4 is 43.8 Å². The van der Waals surface area contributed by atoms with Crippen LogP contribution in [0.25, 0.3) is 10.9 Å². The van der Waals surface area contributed by atoms with E-state index in [0.29, 0.717) is 48.4 Å². The second-order valence-corrected chi connectivity index (χ2v) is 26.3. The van der Waals surface area contributed by atoms with Gasteiger partial charge >= 0.3 is 0 Å². The molecule has 0 spiro atoms. The Hall–Kier alpha value is -8.83. The van der Waals surface area contributed by atoms with Crippen LogP contribution in [-0.4, -0.2) is 182 Å². The van der Waals surface area contributed by atoms with Gasteiger partial charge in [0.2, 0.25) is 41.4 Å². The van der Waals surface area contributed by atoms with Crippen LogP contribution in [0.4, 0.5) is 0 Å². The molecule has 15 N–H and O–H groups in total. The Morgan fingerprint density at radius 3 is 2.06 bits per heavy atom. The van der Waals surface area contributed by atoms with E-state index in [0.717, 1.165) is 10.9 Å². The van der Waals surface area contributed by atoms with Gasteiger partial charge in [-0.1, -0.05) is 50.6 Å². The molecule has 2 aliphatic heterocycles. The standard InChI is InChI=1S/C69H97N13O15S/c1-41(2)29-53(60(88)34-44(10-7-24-75-69(71)72)68(96)82-25-8-13-56(82)57(85)19-20-62(70)90)79-65(93)43(9-5-6-23-74-63(91)22-26-97-27-28-98)33-59(87)54(30-42-14-16-49(84)17-15-42)80-67(95)47(39-83)36-61(89)55(32-46-37-76-51-12-4-3-11-50(46)51)81-66(94)45(31-48-38-73-40-77-48)35-58(86)52-18-21-64(92)78-52/h3-4,11-12,14-17,37-38,40-41,43-45,47,52-56,76,83-84,98H,5-10,13,18-36,39H2,1-2H3,(H2,70,90)(H,73,77)(H,74,91)(H,78,92)(H,79,93)(H,80,95)(H,81,94)(H4,71,72,75)/t43-,44+,45+,47-,52?,53-,54?,55-,56+/m0/s1. The van der Waals surface area contributed by atoms with Crippen molar-refractivity contribution in [1.29, 1.82) is 0 Å². The fourth-order valence-electron chi connectivity index (χ4n) is 12.4. The molecular weight excluding hydrogens is 1280 g/mol. The number of rotatable bonds is 46. The first-order valence-corrected chi connectivity index (χ1v) is 34.4. The number of aromatic hydroxyl groups is 1. The summed E-state index contributed by atoms with van der Waals surface area (Å²) in [4.78, 5) is 183. The molecule has 2 aliphatic rings. The van der Waals surface area contributed by atoms with Gasteiger partial charge in [0.05, 0.1) is 68.2 Å². The second kappa shape index (κ2) is 40.2. The molecule has 0 aliphatic carbocycles. The fourth-order valence-corrected chi connectivity index (χ4v) is 12.5. The van der Waals surface area contributed by atoms with Crippen LogP contribution in [0.15, 0.2) is 72.2 Å². The number of amides is 7. The van der Waals surface area contributed by atoms with E-state index in [-0.39, 0.29) is 164 Å². The zero-order chi connectivity index (χ0) is 71.3. The molecule has 6 rings (SSSR count). The third-order valence-corrected chi connectivity index (χ3v) is 17.9. The number of aliphatic imine (C=N–C) groups is 1. The van der Waals surface area contributed by atoms with Gasteiger partial charge in [0.25, 0.3) is 0 Å². The number of ether oxygens (including phenoxy) is 1. The van der Waals surface area contributed by atoms with Gasteiger partial charge in [-0.3, -0.25) is 62.5 Å². The summed E-state index contributed by atoms with van der Waals surface area (Å²) < 4.78 is 5.39. The minimum Gasteiger partial charge on any atom is -0.508 e. The van der Waals surface area contributed by atoms with E-state index >= 15 is 4.79 Å². The molecule has 2 unspecified atom stereocenters. The molecule has 2 fully saturated rings. The Morgan fingerprint density at radius 2 is 1.40 bits per heavy atom. The third-order valence-electron chi connectivity index (χ3n) is 17.7. The number of carbonyl (C=O) groups excluding carboxylic acids is 12. The zero-order valence-corrected chi connectivity index (χ0v) is 56.8. The van der Waals surface area contributed by atoms with E-state index in [2.05, 4.69) is 59.2 Å². The van der Waals surface area contributed by atoms with Crippen molar-refractivity contribution >= 4 is 99.8 Å². The maximum Gasteiger partial charge on any atom is 0.226 e. The first-order valence-electron chi connectivity index (χ1n) is 33.8. The van der Waals surface area contributed by atoms with Gasteiger partial charge in [0.15, 0.2) is 34.9 Å². The number of nitrogens with two attached hydrogens (primary N) is 3. The molecule has 4 aromatic rings. The molecule has 534 valence electrons. The van der Waals surface area contributed by atoms with Crippen LogP contribution >= 0.6 is 12.6 Å². The van der Waals surface area contributed by atoms with Crippen molar-refractivity contribution in [3.8, 4) is 5.75 Å². The molecule has 29 heteroatoms. The largest absolute Gasteiger partial charge is 0.508 e. The molecule has 98 heavy (non-hydrogen) atoms. The van der Waals surface area contributed by atoms with Gasteiger partial charge in [-0.15, -0.1) is 0 Å². The molecular formula is C69H97N13O15S. The highest BCUT2D eigenvalue weighted by atomic mass is 32.1. The van der Waals surface area contributed by atoms with Gasteiger partial charge in [-0.2, -0.15) is 12.6 Å². The number of H-pyrrole nitrogens is 2. The minimum absolute atomic E-state index is 0.00912. The van der Waals surface area contributed by atoms with Gasteiger partial charge in [0.1, 0.15) is 5.75 Å². The van der Waals surface area contributed by atoms with Crippen LogP contribution in [0.3, 0.4) is 0 Å². The average Bonchev–Trinajstić information content (AvgIpc) is 1.60. The molecule has 2 aromatic carbocycles. The summed E-state index contributed by atoms with van der Waals surface area (Å²) in [5, 5.41) is 36.0. The third kappa shape index (κ3) is 25.5. The highest BCUT2D eigenvalue weighted by Crippen LogP contribution is 2.28. The Bertz CT molecular complexity index is 3390. The number of primary amides is 1. The van der Waals surface area contributed by atoms with Crippen molar-refractivity contribution in [2.75, 3.05) is 45.2 Å². The van der Waals surface area contributed by atoms with E-state index in [1.807, 2.05) is 32.0 Å². The number of aliphatic hydroxyl groups is 1. The summed E-state index contributed by atoms with van der Waals surface area (Å²) in [5.74, 6) is -11.2. The van der Waals surface area contributed by atoms with Crippen LogP contribution in [-0.2, 0) is 81.5 Å². The Kier molecular flexibility index (Phi) is 32.0. The molecule has 2 aromatic heterocycles. The van der Waals surface area contributed by atoms with E-state index < -0.39 is 120 Å². The number of aliphatic hydroxyl groups excluding tert-OH is 1. The maximum absolute atomic E-state index is 15.1. The number of Topliss-reactive ketones (excluding diaryl/α,β-unsaturated/α-hetero) is 5. The van der Waals surface area contributed by atoms with Gasteiger partial charge < -0.3 is 73.6 Å². The number of aromatic amines is 2. The number of ketones is 5. The molecule has 4 heterocycles. The quantitative estimate of drug-likeness (QED) is 0.0130. The molecule has 0 radical (unpaired) electrons. The number of aromatic nitrogens is 3. The van der Waals surface area contributed by atoms with Crippen molar-refractivity contribution in [2.24, 2.45) is 51.8 Å². The van der Waals surface area contributed by atoms with E-state index in [9.17, 15) is 63.0 Å². The Morgan fingerprint density at radius 1 is 0.735 bits per heavy atom. The van der Waals surface area contributed by atoms with Crippen LogP contribution in [0.2, 0.25) is 0 Å². The summed E-state index contributed by atoms with van der Waals surface area (Å²) in [5.41, 5.74) is 18.9. The van der Waals surface area contributed by atoms with E-state index in [1.54, 1.807) is 12.3 Å². The average molecular weight is 1380 g/mol. The second-order valence-electron chi connectivity index (χ2n) is 25.8. The Labute approximate surface area is 575 Å². The number of phenols is 1. The van der Waals surface area contributed by atoms with Gasteiger partial charge in [-0.25, -0.2) is 4.98 Å². The summed E-state index contributed by atoms with van der Waals surface area (Å²) >= 11 is 4.12. The number of nitrogens with one attached hydrogen (secondary N) is 7. The van der Waals surface area contributed by atoms with E-state index in [4.69, 9.17) is 21.9 Å². The SMILES string of the molecule is CC(C)C[C@H](NC(=O)[C@@H](CCCCNC(=O)CCOCCS)CC(=O)C(Cc1ccc(O)cc1)NC(=O)[C@H](CO)CC(=O)[C@H](Cc1c[nH]c2ccccc12)NC(=O)[C@@H](CC(=O)C1CCC(=O)N1)Cc1cnc[nH]1)C(=O)C[C@@H](CCCN=C(N)N)C(=O)N1CCC[C@@H]1C(=O)CCC(N)=O. The van der Waals surface area contributed by atoms with Gasteiger partial charge in [-0.05, 0) is 93.0 Å². The van der Waals surface area contributed by atoms with Crippen LogP contribution in [0.5, 0.6) is 5.75 Å². The molecule has 2 saturated heterocycles. The lowest BCUT2D eigenvalue weighted by Gasteiger charge is -2.29. The number of thiol groups is 1. The number of nitrogens with zero attached hydrogens (tertiary/aromatic N) is 3. The topological polar surface area (TPSA) is 453 Å². The molecule has 0 bridgehead atoms. The smallest absolute Gasteiger partial charge is 0.226 e. The van der Waals surface area contributed by atoms with Crippen molar-refractivity contribution in [3.05, 3.63) is 84.1 Å². The maximum atomic E-state index is 15.1. The number of fused-ring (bicyclic) bond motifs is 1. The first-order chi connectivity index (χ1) is 46.9. The van der Waals surface area contributed by atoms with Gasteiger partial charge in [0, 0.05) is 130 Å². The highest BCUT2D eigenvalue weighted by molar-refractivity contribution is 7.80. The number of imidazole rings is 1. The lowest BCUT2D eigenvalue weighted by molar-refractivity contribution is -0.143. The number of likely N-dealkylation sites (tertiary alicyclic amines) is 1. The number of para-hydroxylation sites is 1. The number of hydrogen-bond donors (Lipinski definition) is 13. The lowest BCUT2D eigenvalue weighted by Crippen LogP contribution is -2.50. The molecule has 0 saturated carbocycles. The minimum atomic E-state index is -1.51. The number of guanidine groups is 1.